The lowest BCUT2D eigenvalue weighted by Gasteiger charge is -2.35. The largest absolute Gasteiger partial charge is 0.356 e. The SMILES string of the molecule is CC(C)N1CCCC(CNC(=O)CCNS(=O)(=O)C=Cc2ccccc2)C1. The number of carbonyl (C=O) groups is 1. The maximum atomic E-state index is 12.0. The van der Waals surface area contributed by atoms with Gasteiger partial charge in [-0.1, -0.05) is 30.3 Å². The van der Waals surface area contributed by atoms with Crippen LogP contribution in [0.4, 0.5) is 0 Å². The molecule has 1 fully saturated rings. The molecule has 1 unspecified atom stereocenters. The molecule has 0 spiro atoms. The first-order valence-corrected chi connectivity index (χ1v) is 11.1. The fraction of sp³-hybridized carbons (Fsp3) is 0.550. The molecule has 0 saturated carbocycles. The summed E-state index contributed by atoms with van der Waals surface area (Å²) in [5, 5.41) is 4.07. The highest BCUT2D eigenvalue weighted by atomic mass is 32.2. The van der Waals surface area contributed by atoms with E-state index in [-0.39, 0.29) is 18.9 Å². The monoisotopic (exact) mass is 393 g/mol. The van der Waals surface area contributed by atoms with Crippen molar-refractivity contribution < 1.29 is 13.2 Å². The van der Waals surface area contributed by atoms with E-state index in [4.69, 9.17) is 0 Å². The molecule has 1 aromatic rings. The Balaban J connectivity index is 1.67. The smallest absolute Gasteiger partial charge is 0.233 e. The van der Waals surface area contributed by atoms with Crippen LogP contribution in [0.5, 0.6) is 0 Å². The molecule has 1 aliphatic heterocycles. The molecule has 1 saturated heterocycles. The zero-order valence-corrected chi connectivity index (χ0v) is 17.0. The highest BCUT2D eigenvalue weighted by molar-refractivity contribution is 7.92. The number of carbonyl (C=O) groups excluding carboxylic acids is 1. The molecule has 2 N–H and O–H groups in total. The summed E-state index contributed by atoms with van der Waals surface area (Å²) in [5.41, 5.74) is 0.809. The molecule has 0 radical (unpaired) electrons. The third-order valence-corrected chi connectivity index (χ3v) is 5.86. The number of hydrogen-bond donors (Lipinski definition) is 2. The van der Waals surface area contributed by atoms with Gasteiger partial charge in [-0.25, -0.2) is 13.1 Å². The predicted octanol–water partition coefficient (Wildman–Crippen LogP) is 2.20. The Morgan fingerprint density at radius 3 is 2.74 bits per heavy atom. The van der Waals surface area contributed by atoms with Crippen molar-refractivity contribution in [3.05, 3.63) is 41.3 Å². The molecule has 150 valence electrons. The van der Waals surface area contributed by atoms with Gasteiger partial charge >= 0.3 is 0 Å². The maximum absolute atomic E-state index is 12.0. The molecule has 6 nitrogen and oxygen atoms in total. The Labute approximate surface area is 163 Å². The minimum absolute atomic E-state index is 0.0933. The summed E-state index contributed by atoms with van der Waals surface area (Å²) >= 11 is 0. The summed E-state index contributed by atoms with van der Waals surface area (Å²) in [7, 11) is -3.54. The van der Waals surface area contributed by atoms with Gasteiger partial charge in [0.15, 0.2) is 0 Å². The minimum atomic E-state index is -3.54. The first kappa shape index (κ1) is 21.6. The summed E-state index contributed by atoms with van der Waals surface area (Å²) < 4.78 is 26.3. The summed E-state index contributed by atoms with van der Waals surface area (Å²) in [6.45, 7) is 7.27. The van der Waals surface area contributed by atoms with Crippen LogP contribution in [0.1, 0.15) is 38.7 Å². The average Bonchev–Trinajstić information content (AvgIpc) is 2.66. The lowest BCUT2D eigenvalue weighted by atomic mass is 9.97. The van der Waals surface area contributed by atoms with Crippen LogP contribution < -0.4 is 10.0 Å². The van der Waals surface area contributed by atoms with Crippen molar-refractivity contribution in [2.75, 3.05) is 26.2 Å². The highest BCUT2D eigenvalue weighted by Crippen LogP contribution is 2.17. The predicted molar refractivity (Wildman–Crippen MR) is 109 cm³/mol. The number of hydrogen-bond acceptors (Lipinski definition) is 4. The number of rotatable bonds is 9. The van der Waals surface area contributed by atoms with Gasteiger partial charge in [-0.3, -0.25) is 4.79 Å². The van der Waals surface area contributed by atoms with Crippen molar-refractivity contribution in [2.45, 2.75) is 39.2 Å². The quantitative estimate of drug-likeness (QED) is 0.674. The number of piperidine rings is 1. The summed E-state index contributed by atoms with van der Waals surface area (Å²) in [4.78, 5) is 14.4. The van der Waals surface area contributed by atoms with E-state index < -0.39 is 10.0 Å². The molecule has 0 aromatic heterocycles. The van der Waals surface area contributed by atoms with E-state index in [0.29, 0.717) is 18.5 Å². The zero-order valence-electron chi connectivity index (χ0n) is 16.2. The summed E-state index contributed by atoms with van der Waals surface area (Å²) in [6.07, 6.45) is 3.96. The number of nitrogens with one attached hydrogen (secondary N) is 2. The van der Waals surface area contributed by atoms with Gasteiger partial charge in [-0.2, -0.15) is 0 Å². The topological polar surface area (TPSA) is 78.5 Å². The fourth-order valence-electron chi connectivity index (χ4n) is 3.17. The second-order valence-corrected chi connectivity index (χ2v) is 8.95. The molecule has 1 aliphatic rings. The van der Waals surface area contributed by atoms with E-state index in [1.165, 1.54) is 6.08 Å². The Morgan fingerprint density at radius 2 is 2.04 bits per heavy atom. The van der Waals surface area contributed by atoms with Gasteiger partial charge in [-0.15, -0.1) is 0 Å². The third kappa shape index (κ3) is 8.24. The first-order valence-electron chi connectivity index (χ1n) is 9.59. The van der Waals surface area contributed by atoms with E-state index in [1.54, 1.807) is 0 Å². The maximum Gasteiger partial charge on any atom is 0.233 e. The van der Waals surface area contributed by atoms with Crippen molar-refractivity contribution in [1.29, 1.82) is 0 Å². The van der Waals surface area contributed by atoms with Gasteiger partial charge < -0.3 is 10.2 Å². The standard InChI is InChI=1S/C20H31N3O3S/c1-17(2)23-13-6-9-19(16-23)15-21-20(24)10-12-22-27(25,26)14-11-18-7-4-3-5-8-18/h3-5,7-8,11,14,17,19,22H,6,9-10,12-13,15-16H2,1-2H3,(H,21,24). The summed E-state index contributed by atoms with van der Waals surface area (Å²) in [6, 6.07) is 9.74. The highest BCUT2D eigenvalue weighted by Gasteiger charge is 2.21. The van der Waals surface area contributed by atoms with Gasteiger partial charge in [-0.05, 0) is 50.8 Å². The van der Waals surface area contributed by atoms with Crippen LogP contribution in [-0.4, -0.2) is 51.4 Å². The van der Waals surface area contributed by atoms with Crippen molar-refractivity contribution in [2.24, 2.45) is 5.92 Å². The van der Waals surface area contributed by atoms with Crippen molar-refractivity contribution in [1.82, 2.24) is 14.9 Å². The summed E-state index contributed by atoms with van der Waals surface area (Å²) in [5.74, 6) is 0.349. The van der Waals surface area contributed by atoms with Crippen LogP contribution in [0.3, 0.4) is 0 Å². The van der Waals surface area contributed by atoms with E-state index >= 15 is 0 Å². The lowest BCUT2D eigenvalue weighted by molar-refractivity contribution is -0.121. The minimum Gasteiger partial charge on any atom is -0.356 e. The van der Waals surface area contributed by atoms with Crippen LogP contribution in [-0.2, 0) is 14.8 Å². The first-order chi connectivity index (χ1) is 12.9. The number of likely N-dealkylation sites (tertiary alicyclic amines) is 1. The van der Waals surface area contributed by atoms with E-state index in [9.17, 15) is 13.2 Å². The van der Waals surface area contributed by atoms with Gasteiger partial charge in [0.05, 0.1) is 0 Å². The van der Waals surface area contributed by atoms with E-state index in [0.717, 1.165) is 36.9 Å². The number of amides is 1. The molecule has 1 heterocycles. The van der Waals surface area contributed by atoms with Crippen molar-refractivity contribution in [3.8, 4) is 0 Å². The number of nitrogens with zero attached hydrogens (tertiary/aromatic N) is 1. The molecule has 1 amide bonds. The van der Waals surface area contributed by atoms with Gasteiger partial charge in [0.25, 0.3) is 0 Å². The second-order valence-electron chi connectivity index (χ2n) is 7.30. The van der Waals surface area contributed by atoms with Crippen molar-refractivity contribution in [3.63, 3.8) is 0 Å². The average molecular weight is 394 g/mol. The van der Waals surface area contributed by atoms with Crippen LogP contribution in [0.2, 0.25) is 0 Å². The molecule has 2 rings (SSSR count). The number of benzene rings is 1. The van der Waals surface area contributed by atoms with E-state index in [2.05, 4.69) is 28.8 Å². The van der Waals surface area contributed by atoms with Crippen LogP contribution >= 0.6 is 0 Å². The molecular formula is C20H31N3O3S. The lowest BCUT2D eigenvalue weighted by Crippen LogP contribution is -2.44. The van der Waals surface area contributed by atoms with Gasteiger partial charge in [0.2, 0.25) is 15.9 Å². The van der Waals surface area contributed by atoms with Crippen LogP contribution in [0.15, 0.2) is 35.7 Å². The number of sulfonamides is 1. The molecule has 7 heteroatoms. The molecule has 0 aliphatic carbocycles. The van der Waals surface area contributed by atoms with Crippen molar-refractivity contribution >= 4 is 22.0 Å². The molecular weight excluding hydrogens is 362 g/mol. The van der Waals surface area contributed by atoms with Crippen LogP contribution in [0, 0.1) is 5.92 Å². The van der Waals surface area contributed by atoms with Gasteiger partial charge in [0, 0.05) is 37.5 Å². The molecule has 1 aromatic carbocycles. The second kappa shape index (κ2) is 10.6. The Kier molecular flexibility index (Phi) is 8.47. The van der Waals surface area contributed by atoms with E-state index in [1.807, 2.05) is 30.3 Å². The fourth-order valence-corrected chi connectivity index (χ4v) is 3.99. The van der Waals surface area contributed by atoms with Crippen LogP contribution in [0.25, 0.3) is 6.08 Å². The Bertz CT molecular complexity index is 717. The third-order valence-electron chi connectivity index (χ3n) is 4.76. The Hall–Kier alpha value is -1.70. The van der Waals surface area contributed by atoms with Gasteiger partial charge in [0.1, 0.15) is 0 Å². The molecule has 0 bridgehead atoms. The Morgan fingerprint density at radius 1 is 1.30 bits per heavy atom. The zero-order chi connectivity index (χ0) is 19.7. The normalized spacial score (nSPS) is 18.9. The molecule has 1 atom stereocenters. The molecule has 27 heavy (non-hydrogen) atoms.